The summed E-state index contributed by atoms with van der Waals surface area (Å²) in [5, 5.41) is 0.409. The zero-order valence-corrected chi connectivity index (χ0v) is 18.5. The Hall–Kier alpha value is -4.45. The van der Waals surface area contributed by atoms with Crippen molar-refractivity contribution in [3.8, 4) is 5.75 Å². The number of hydrogen-bond donors (Lipinski definition) is 0. The van der Waals surface area contributed by atoms with Crippen LogP contribution in [0.3, 0.4) is 0 Å². The molecule has 2 heterocycles. The Kier molecular flexibility index (Phi) is 5.34. The van der Waals surface area contributed by atoms with Crippen molar-refractivity contribution in [3.05, 3.63) is 118 Å². The van der Waals surface area contributed by atoms with Crippen LogP contribution in [0.15, 0.2) is 94.7 Å². The maximum atomic E-state index is 13.6. The fourth-order valence-corrected chi connectivity index (χ4v) is 4.29. The van der Waals surface area contributed by atoms with Crippen LogP contribution in [0.1, 0.15) is 45.0 Å². The number of nitrogens with zero attached hydrogens (tertiary/aromatic N) is 1. The molecule has 1 unspecified atom stereocenters. The molecule has 0 N–H and O–H groups in total. The lowest BCUT2D eigenvalue weighted by Crippen LogP contribution is -2.29. The summed E-state index contributed by atoms with van der Waals surface area (Å²) in [6.07, 6.45) is 1.64. The minimum Gasteiger partial charge on any atom is -0.490 e. The Labute approximate surface area is 195 Å². The van der Waals surface area contributed by atoms with Gasteiger partial charge in [-0.3, -0.25) is 19.3 Å². The number of carbonyl (C=O) groups excluding carboxylic acids is 2. The molecule has 1 aliphatic heterocycles. The molecule has 0 aliphatic carbocycles. The third-order valence-electron chi connectivity index (χ3n) is 5.87. The second-order valence-corrected chi connectivity index (χ2v) is 8.02. The second-order valence-electron chi connectivity index (χ2n) is 8.02. The Morgan fingerprint density at radius 2 is 1.82 bits per heavy atom. The first-order chi connectivity index (χ1) is 16.5. The quantitative estimate of drug-likeness (QED) is 0.293. The molecule has 0 radical (unpaired) electrons. The minimum atomic E-state index is -0.723. The molecule has 4 aromatic rings. The number of ketones is 1. The standard InChI is InChI=1S/C28H21NO5/c1-3-15-33-21-8-6-7-19(16-21)25-24-26(31)22-9-4-5-10-23(22)34-27(24)28(32)29(25)20-13-11-18(12-14-20)17(2)30/h3-14,16,25H,1,15H2,2H3. The van der Waals surface area contributed by atoms with Crippen molar-refractivity contribution >= 4 is 28.3 Å². The zero-order valence-electron chi connectivity index (χ0n) is 18.5. The number of ether oxygens (including phenoxy) is 1. The summed E-state index contributed by atoms with van der Waals surface area (Å²) in [5.41, 5.74) is 2.16. The van der Waals surface area contributed by atoms with Crippen molar-refractivity contribution in [2.45, 2.75) is 13.0 Å². The number of hydrogen-bond acceptors (Lipinski definition) is 5. The van der Waals surface area contributed by atoms with Crippen molar-refractivity contribution in [1.29, 1.82) is 0 Å². The lowest BCUT2D eigenvalue weighted by atomic mass is 9.98. The van der Waals surface area contributed by atoms with E-state index in [0.717, 1.165) is 0 Å². The molecule has 1 aliphatic rings. The number of fused-ring (bicyclic) bond motifs is 2. The highest BCUT2D eigenvalue weighted by atomic mass is 16.5. The van der Waals surface area contributed by atoms with E-state index in [1.807, 2.05) is 18.2 Å². The first kappa shape index (κ1) is 21.4. The first-order valence-electron chi connectivity index (χ1n) is 10.8. The molecule has 6 nitrogen and oxygen atoms in total. The molecule has 1 aromatic heterocycles. The van der Waals surface area contributed by atoms with E-state index in [9.17, 15) is 14.4 Å². The molecule has 0 spiro atoms. The van der Waals surface area contributed by atoms with Crippen LogP contribution in [0.25, 0.3) is 11.0 Å². The summed E-state index contributed by atoms with van der Waals surface area (Å²) < 4.78 is 11.7. The largest absolute Gasteiger partial charge is 0.490 e. The number of anilines is 1. The van der Waals surface area contributed by atoms with E-state index >= 15 is 0 Å². The Bertz CT molecular complexity index is 1500. The molecule has 1 amide bonds. The van der Waals surface area contributed by atoms with Gasteiger partial charge in [-0.2, -0.15) is 0 Å². The summed E-state index contributed by atoms with van der Waals surface area (Å²) >= 11 is 0. The van der Waals surface area contributed by atoms with Crippen molar-refractivity contribution in [2.24, 2.45) is 0 Å². The van der Waals surface area contributed by atoms with Crippen LogP contribution < -0.4 is 15.1 Å². The van der Waals surface area contributed by atoms with Crippen molar-refractivity contribution < 1.29 is 18.7 Å². The van der Waals surface area contributed by atoms with Gasteiger partial charge in [0.25, 0.3) is 5.91 Å². The molecule has 34 heavy (non-hydrogen) atoms. The number of benzene rings is 3. The third kappa shape index (κ3) is 3.49. The van der Waals surface area contributed by atoms with Crippen LogP contribution in [0, 0.1) is 0 Å². The molecule has 168 valence electrons. The van der Waals surface area contributed by atoms with Gasteiger partial charge in [-0.1, -0.05) is 36.9 Å². The molecule has 0 saturated heterocycles. The Balaban J connectivity index is 1.73. The number of para-hydroxylation sites is 1. The third-order valence-corrected chi connectivity index (χ3v) is 5.87. The van der Waals surface area contributed by atoms with E-state index < -0.39 is 11.9 Å². The number of carbonyl (C=O) groups is 2. The predicted molar refractivity (Wildman–Crippen MR) is 130 cm³/mol. The SMILES string of the molecule is C=CCOc1cccc(C2c3c(oc4ccccc4c3=O)C(=O)N2c2ccc(C(C)=O)cc2)c1. The molecule has 1 atom stereocenters. The zero-order chi connectivity index (χ0) is 23.8. The van der Waals surface area contributed by atoms with Gasteiger partial charge in [0.2, 0.25) is 5.76 Å². The maximum Gasteiger partial charge on any atom is 0.295 e. The van der Waals surface area contributed by atoms with Gasteiger partial charge in [0.05, 0.1) is 17.0 Å². The van der Waals surface area contributed by atoms with Gasteiger partial charge < -0.3 is 9.15 Å². The summed E-state index contributed by atoms with van der Waals surface area (Å²) in [5.74, 6) is 0.113. The number of rotatable bonds is 6. The molecular weight excluding hydrogens is 430 g/mol. The molecular formula is C28H21NO5. The average Bonchev–Trinajstić information content (AvgIpc) is 3.15. The predicted octanol–water partition coefficient (Wildman–Crippen LogP) is 5.31. The van der Waals surface area contributed by atoms with Crippen LogP contribution in [0.2, 0.25) is 0 Å². The molecule has 0 saturated carbocycles. The van der Waals surface area contributed by atoms with Crippen LogP contribution in [0.5, 0.6) is 5.75 Å². The van der Waals surface area contributed by atoms with Crippen LogP contribution in [0.4, 0.5) is 5.69 Å². The molecule has 6 heteroatoms. The van der Waals surface area contributed by atoms with Crippen LogP contribution in [-0.2, 0) is 0 Å². The number of amides is 1. The van der Waals surface area contributed by atoms with Gasteiger partial charge in [0.15, 0.2) is 11.2 Å². The highest BCUT2D eigenvalue weighted by Gasteiger charge is 2.43. The van der Waals surface area contributed by atoms with Crippen LogP contribution >= 0.6 is 0 Å². The highest BCUT2D eigenvalue weighted by molar-refractivity contribution is 6.11. The monoisotopic (exact) mass is 451 g/mol. The van der Waals surface area contributed by atoms with Crippen LogP contribution in [-0.4, -0.2) is 18.3 Å². The van der Waals surface area contributed by atoms with E-state index in [2.05, 4.69) is 6.58 Å². The van der Waals surface area contributed by atoms with Crippen molar-refractivity contribution in [2.75, 3.05) is 11.5 Å². The number of Topliss-reactive ketones (excluding diaryl/α,β-unsaturated/α-hetero) is 1. The lowest BCUT2D eigenvalue weighted by molar-refractivity contribution is 0.0970. The van der Waals surface area contributed by atoms with E-state index in [0.29, 0.717) is 40.1 Å². The van der Waals surface area contributed by atoms with Crippen molar-refractivity contribution in [3.63, 3.8) is 0 Å². The normalized spacial score (nSPS) is 14.8. The van der Waals surface area contributed by atoms with Gasteiger partial charge in [-0.25, -0.2) is 0 Å². The summed E-state index contributed by atoms with van der Waals surface area (Å²) in [6.45, 7) is 5.48. The second kappa shape index (κ2) is 8.48. The van der Waals surface area contributed by atoms with E-state index in [1.165, 1.54) is 11.8 Å². The molecule has 3 aromatic carbocycles. The lowest BCUT2D eigenvalue weighted by Gasteiger charge is -2.25. The molecule has 5 rings (SSSR count). The fraction of sp³-hybridized carbons (Fsp3) is 0.107. The van der Waals surface area contributed by atoms with E-state index in [4.69, 9.17) is 9.15 Å². The topological polar surface area (TPSA) is 76.8 Å². The average molecular weight is 451 g/mol. The van der Waals surface area contributed by atoms with E-state index in [1.54, 1.807) is 60.7 Å². The first-order valence-corrected chi connectivity index (χ1v) is 10.8. The smallest absolute Gasteiger partial charge is 0.295 e. The van der Waals surface area contributed by atoms with Gasteiger partial charge in [0, 0.05) is 11.3 Å². The summed E-state index contributed by atoms with van der Waals surface area (Å²) in [6, 6.07) is 20.2. The van der Waals surface area contributed by atoms with Crippen molar-refractivity contribution in [1.82, 2.24) is 0 Å². The molecule has 0 fully saturated rings. The highest BCUT2D eigenvalue weighted by Crippen LogP contribution is 2.41. The Morgan fingerprint density at radius 1 is 1.06 bits per heavy atom. The van der Waals surface area contributed by atoms with Gasteiger partial charge in [0.1, 0.15) is 17.9 Å². The van der Waals surface area contributed by atoms with Gasteiger partial charge >= 0.3 is 0 Å². The van der Waals surface area contributed by atoms with E-state index in [-0.39, 0.29) is 22.5 Å². The molecule has 0 bridgehead atoms. The summed E-state index contributed by atoms with van der Waals surface area (Å²) in [7, 11) is 0. The minimum absolute atomic E-state index is 0.0155. The Morgan fingerprint density at radius 3 is 2.56 bits per heavy atom. The fourth-order valence-electron chi connectivity index (χ4n) is 4.29. The van der Waals surface area contributed by atoms with Gasteiger partial charge in [-0.05, 0) is 61.0 Å². The van der Waals surface area contributed by atoms with Gasteiger partial charge in [-0.15, -0.1) is 0 Å². The maximum absolute atomic E-state index is 13.6. The summed E-state index contributed by atoms with van der Waals surface area (Å²) in [4.78, 5) is 40.5.